The highest BCUT2D eigenvalue weighted by Gasteiger charge is 2.30. The first kappa shape index (κ1) is 16.8. The number of hydrogen-bond donors (Lipinski definition) is 2. The number of imidazole rings is 1. The Hall–Kier alpha value is -2.67. The van der Waals surface area contributed by atoms with Crippen molar-refractivity contribution in [2.24, 2.45) is 7.05 Å². The predicted molar refractivity (Wildman–Crippen MR) is 99.7 cm³/mol. The van der Waals surface area contributed by atoms with Gasteiger partial charge in [-0.3, -0.25) is 9.48 Å². The number of likely N-dealkylation sites (tertiary alicyclic amines) is 1. The number of carbonyl (C=O) groups is 1. The highest BCUT2D eigenvalue weighted by Crippen LogP contribution is 2.29. The summed E-state index contributed by atoms with van der Waals surface area (Å²) in [6.45, 7) is 1.50. The molecule has 1 saturated heterocycles. The second kappa shape index (κ2) is 6.92. The molecule has 0 aliphatic carbocycles. The van der Waals surface area contributed by atoms with E-state index in [1.54, 1.807) is 10.9 Å². The molecule has 4 rings (SSSR count). The smallest absolute Gasteiger partial charge is 0.244 e. The molecule has 3 aromatic rings. The molecule has 136 valence electrons. The molecule has 1 atom stereocenters. The van der Waals surface area contributed by atoms with Gasteiger partial charge in [-0.2, -0.15) is 5.10 Å². The Balaban J connectivity index is 1.43. The van der Waals surface area contributed by atoms with Crippen LogP contribution in [0.5, 0.6) is 0 Å². The highest BCUT2D eigenvalue weighted by molar-refractivity contribution is 5.83. The molecule has 2 N–H and O–H groups in total. The molecule has 1 unspecified atom stereocenters. The van der Waals surface area contributed by atoms with Gasteiger partial charge in [0, 0.05) is 37.8 Å². The van der Waals surface area contributed by atoms with E-state index in [-0.39, 0.29) is 11.9 Å². The number of carbonyl (C=O) groups excluding carboxylic acids is 1. The summed E-state index contributed by atoms with van der Waals surface area (Å²) < 4.78 is 1.72. The van der Waals surface area contributed by atoms with Gasteiger partial charge in [-0.05, 0) is 32.0 Å². The molecular weight excluding hydrogens is 328 g/mol. The average molecular weight is 352 g/mol. The van der Waals surface area contributed by atoms with Gasteiger partial charge >= 0.3 is 0 Å². The van der Waals surface area contributed by atoms with Gasteiger partial charge in [0.15, 0.2) is 0 Å². The number of hydrogen-bond acceptors (Lipinski definition) is 4. The van der Waals surface area contributed by atoms with E-state index in [1.807, 2.05) is 43.4 Å². The van der Waals surface area contributed by atoms with Crippen molar-refractivity contribution >= 4 is 16.9 Å². The zero-order valence-corrected chi connectivity index (χ0v) is 15.1. The fraction of sp³-hybridized carbons (Fsp3) is 0.421. The van der Waals surface area contributed by atoms with Crippen molar-refractivity contribution in [2.45, 2.75) is 24.8 Å². The number of fused-ring (bicyclic) bond motifs is 1. The topological polar surface area (TPSA) is 78.8 Å². The van der Waals surface area contributed by atoms with Crippen molar-refractivity contribution in [1.82, 2.24) is 30.0 Å². The Kier molecular flexibility index (Phi) is 4.46. The number of rotatable bonds is 4. The van der Waals surface area contributed by atoms with Crippen LogP contribution >= 0.6 is 0 Å². The molecule has 0 radical (unpaired) electrons. The maximum Gasteiger partial charge on any atom is 0.244 e. The molecule has 7 heteroatoms. The van der Waals surface area contributed by atoms with Crippen molar-refractivity contribution in [3.05, 3.63) is 48.0 Å². The third kappa shape index (κ3) is 3.10. The molecule has 2 aromatic heterocycles. The molecule has 1 aromatic carbocycles. The number of para-hydroxylation sites is 2. The number of aromatic amines is 1. The third-order valence-corrected chi connectivity index (χ3v) is 5.19. The summed E-state index contributed by atoms with van der Waals surface area (Å²) >= 11 is 0. The Morgan fingerprint density at radius 1 is 1.31 bits per heavy atom. The van der Waals surface area contributed by atoms with Gasteiger partial charge in [-0.15, -0.1) is 0 Å². The molecule has 1 aliphatic rings. The first-order valence-corrected chi connectivity index (χ1v) is 9.05. The minimum absolute atomic E-state index is 0.114. The average Bonchev–Trinajstić information content (AvgIpc) is 3.28. The first-order chi connectivity index (χ1) is 12.7. The molecule has 1 fully saturated rings. The summed E-state index contributed by atoms with van der Waals surface area (Å²) in [7, 11) is 3.68. The molecule has 0 saturated carbocycles. The van der Waals surface area contributed by atoms with Gasteiger partial charge in [0.25, 0.3) is 0 Å². The lowest BCUT2D eigenvalue weighted by Crippen LogP contribution is -2.43. The quantitative estimate of drug-likeness (QED) is 0.752. The Morgan fingerprint density at radius 3 is 2.73 bits per heavy atom. The van der Waals surface area contributed by atoms with Crippen molar-refractivity contribution in [2.75, 3.05) is 20.1 Å². The Bertz CT molecular complexity index is 873. The van der Waals surface area contributed by atoms with Gasteiger partial charge in [0.2, 0.25) is 5.91 Å². The Morgan fingerprint density at radius 2 is 2.08 bits per heavy atom. The van der Waals surface area contributed by atoms with E-state index in [4.69, 9.17) is 4.98 Å². The van der Waals surface area contributed by atoms with E-state index in [0.29, 0.717) is 5.92 Å². The van der Waals surface area contributed by atoms with E-state index in [0.717, 1.165) is 48.4 Å². The molecule has 0 spiro atoms. The van der Waals surface area contributed by atoms with E-state index in [2.05, 4.69) is 21.5 Å². The summed E-state index contributed by atoms with van der Waals surface area (Å²) in [6.07, 6.45) is 5.49. The number of likely N-dealkylation sites (N-methyl/N-ethyl adjacent to an activating group) is 1. The Labute approximate surface area is 152 Å². The number of amides is 1. The molecule has 7 nitrogen and oxygen atoms in total. The first-order valence-electron chi connectivity index (χ1n) is 9.05. The van der Waals surface area contributed by atoms with Crippen LogP contribution < -0.4 is 5.32 Å². The van der Waals surface area contributed by atoms with E-state index < -0.39 is 0 Å². The maximum atomic E-state index is 12.9. The molecule has 1 amide bonds. The minimum atomic E-state index is -0.341. The molecule has 1 aliphatic heterocycles. The fourth-order valence-electron chi connectivity index (χ4n) is 3.74. The summed E-state index contributed by atoms with van der Waals surface area (Å²) in [5.74, 6) is 1.53. The molecule has 3 heterocycles. The van der Waals surface area contributed by atoms with Gasteiger partial charge < -0.3 is 15.2 Å². The summed E-state index contributed by atoms with van der Waals surface area (Å²) in [5.41, 5.74) is 2.99. The second-order valence-electron chi connectivity index (χ2n) is 6.91. The van der Waals surface area contributed by atoms with Crippen LogP contribution in [0.3, 0.4) is 0 Å². The van der Waals surface area contributed by atoms with Crippen LogP contribution in [0.1, 0.15) is 36.2 Å². The number of nitrogens with one attached hydrogen (secondary N) is 2. The SMILES string of the molecule is CNC(C(=O)N1CCC(c2nc3ccccc3[nH]2)CC1)c1cnn(C)c1. The van der Waals surface area contributed by atoms with Gasteiger partial charge in [-0.25, -0.2) is 4.98 Å². The normalized spacial score (nSPS) is 16.9. The number of H-pyrrole nitrogens is 1. The zero-order valence-electron chi connectivity index (χ0n) is 15.1. The summed E-state index contributed by atoms with van der Waals surface area (Å²) in [5, 5.41) is 7.31. The van der Waals surface area contributed by atoms with Crippen LogP contribution in [0.4, 0.5) is 0 Å². The lowest BCUT2D eigenvalue weighted by Gasteiger charge is -2.33. The fourth-order valence-corrected chi connectivity index (χ4v) is 3.74. The van der Waals surface area contributed by atoms with Crippen LogP contribution in [-0.4, -0.2) is 50.7 Å². The lowest BCUT2D eigenvalue weighted by molar-refractivity contribution is -0.134. The highest BCUT2D eigenvalue weighted by atomic mass is 16.2. The van der Waals surface area contributed by atoms with Crippen LogP contribution in [0.15, 0.2) is 36.7 Å². The number of benzene rings is 1. The maximum absolute atomic E-state index is 12.9. The van der Waals surface area contributed by atoms with Crippen molar-refractivity contribution < 1.29 is 4.79 Å². The van der Waals surface area contributed by atoms with Crippen LogP contribution in [0, 0.1) is 0 Å². The van der Waals surface area contributed by atoms with E-state index in [1.165, 1.54) is 0 Å². The van der Waals surface area contributed by atoms with Crippen molar-refractivity contribution in [1.29, 1.82) is 0 Å². The second-order valence-corrected chi connectivity index (χ2v) is 6.91. The monoisotopic (exact) mass is 352 g/mol. The summed E-state index contributed by atoms with van der Waals surface area (Å²) in [4.78, 5) is 23.0. The number of aryl methyl sites for hydroxylation is 1. The largest absolute Gasteiger partial charge is 0.342 e. The third-order valence-electron chi connectivity index (χ3n) is 5.19. The molecule has 0 bridgehead atoms. The van der Waals surface area contributed by atoms with Gasteiger partial charge in [-0.1, -0.05) is 12.1 Å². The molecule has 26 heavy (non-hydrogen) atoms. The van der Waals surface area contributed by atoms with Crippen molar-refractivity contribution in [3.8, 4) is 0 Å². The summed E-state index contributed by atoms with van der Waals surface area (Å²) in [6, 6.07) is 7.76. The van der Waals surface area contributed by atoms with Gasteiger partial charge in [0.05, 0.1) is 17.2 Å². The zero-order chi connectivity index (χ0) is 18.1. The van der Waals surface area contributed by atoms with E-state index >= 15 is 0 Å². The minimum Gasteiger partial charge on any atom is -0.342 e. The van der Waals surface area contributed by atoms with Gasteiger partial charge in [0.1, 0.15) is 11.9 Å². The lowest BCUT2D eigenvalue weighted by atomic mass is 9.95. The number of aromatic nitrogens is 4. The predicted octanol–water partition coefficient (Wildman–Crippen LogP) is 1.96. The number of piperidine rings is 1. The van der Waals surface area contributed by atoms with Crippen LogP contribution in [-0.2, 0) is 11.8 Å². The standard InChI is InChI=1S/C19H24N6O/c1-20-17(14-11-21-24(2)12-14)19(26)25-9-7-13(8-10-25)18-22-15-5-3-4-6-16(15)23-18/h3-6,11-13,17,20H,7-10H2,1-2H3,(H,22,23). The van der Waals surface area contributed by atoms with E-state index in [9.17, 15) is 4.79 Å². The van der Waals surface area contributed by atoms with Crippen molar-refractivity contribution in [3.63, 3.8) is 0 Å². The number of nitrogens with zero attached hydrogens (tertiary/aromatic N) is 4. The van der Waals surface area contributed by atoms with Crippen LogP contribution in [0.2, 0.25) is 0 Å². The molecular formula is C19H24N6O. The van der Waals surface area contributed by atoms with Crippen LogP contribution in [0.25, 0.3) is 11.0 Å².